The summed E-state index contributed by atoms with van der Waals surface area (Å²) in [5.74, 6) is -0.738. The second-order valence-electron chi connectivity index (χ2n) is 6.55. The average Bonchev–Trinajstić information content (AvgIpc) is 2.75. The second-order valence-corrected chi connectivity index (χ2v) is 6.55. The molecule has 0 saturated carbocycles. The van der Waals surface area contributed by atoms with Crippen LogP contribution in [0.2, 0.25) is 0 Å². The first-order valence-corrected chi connectivity index (χ1v) is 9.79. The average molecular weight is 410 g/mol. The minimum atomic E-state index is -0.284. The van der Waals surface area contributed by atoms with Gasteiger partial charge in [0.15, 0.2) is 0 Å². The van der Waals surface area contributed by atoms with Crippen molar-refractivity contribution >= 4 is 46.4 Å². The Morgan fingerprint density at radius 1 is 0.500 bits per heavy atom. The Morgan fingerprint density at radius 2 is 0.733 bits per heavy atom. The molecule has 0 radical (unpaired) electrons. The van der Waals surface area contributed by atoms with Gasteiger partial charge in [-0.3, -0.25) is 19.2 Å². The summed E-state index contributed by atoms with van der Waals surface area (Å²) in [6.45, 7) is 3.53. The molecule has 158 valence electrons. The van der Waals surface area contributed by atoms with Gasteiger partial charge in [0.05, 0.1) is 0 Å². The van der Waals surface area contributed by atoms with E-state index >= 15 is 0 Å². The Morgan fingerprint density at radius 3 is 0.967 bits per heavy atom. The van der Waals surface area contributed by atoms with Crippen molar-refractivity contribution in [3.8, 4) is 0 Å². The highest BCUT2D eigenvalue weighted by atomic mass is 16.2. The summed E-state index contributed by atoms with van der Waals surface area (Å²) >= 11 is 0. The summed E-state index contributed by atoms with van der Waals surface area (Å²) in [6, 6.07) is 13.5. The lowest BCUT2D eigenvalue weighted by Gasteiger charge is -2.09. The van der Waals surface area contributed by atoms with Gasteiger partial charge in [-0.2, -0.15) is 0 Å². The van der Waals surface area contributed by atoms with E-state index in [2.05, 4.69) is 21.3 Å². The Balaban J connectivity index is 1.75. The third kappa shape index (κ3) is 7.75. The van der Waals surface area contributed by atoms with Crippen molar-refractivity contribution in [3.05, 3.63) is 48.5 Å². The van der Waals surface area contributed by atoms with Crippen molar-refractivity contribution in [3.63, 3.8) is 0 Å². The predicted octanol–water partition coefficient (Wildman–Crippen LogP) is 3.74. The molecule has 2 aromatic rings. The molecule has 0 aliphatic carbocycles. The highest BCUT2D eigenvalue weighted by Crippen LogP contribution is 2.16. The molecule has 0 spiro atoms. The lowest BCUT2D eigenvalue weighted by Crippen LogP contribution is -2.17. The quantitative estimate of drug-likeness (QED) is 0.504. The van der Waals surface area contributed by atoms with Crippen molar-refractivity contribution < 1.29 is 19.2 Å². The summed E-state index contributed by atoms with van der Waals surface area (Å²) in [7, 11) is 0. The van der Waals surface area contributed by atoms with E-state index in [9.17, 15) is 19.2 Å². The van der Waals surface area contributed by atoms with Crippen LogP contribution in [-0.2, 0) is 19.2 Å². The highest BCUT2D eigenvalue weighted by molar-refractivity contribution is 5.97. The Kier molecular flexibility index (Phi) is 8.56. The number of carbonyl (C=O) groups is 4. The maximum absolute atomic E-state index is 12.1. The molecule has 0 aliphatic rings. The van der Waals surface area contributed by atoms with Gasteiger partial charge in [0.2, 0.25) is 23.6 Å². The lowest BCUT2D eigenvalue weighted by molar-refractivity contribution is -0.121. The summed E-state index contributed by atoms with van der Waals surface area (Å²) in [6.07, 6.45) is 0.843. The van der Waals surface area contributed by atoms with E-state index in [-0.39, 0.29) is 36.5 Å². The maximum atomic E-state index is 12.1. The number of rotatable bonds is 9. The van der Waals surface area contributed by atoms with Crippen molar-refractivity contribution in [2.75, 3.05) is 21.3 Å². The Hall–Kier alpha value is -3.68. The molecule has 0 atom stereocenters. The fraction of sp³-hybridized carbons (Fsp3) is 0.273. The van der Waals surface area contributed by atoms with Crippen molar-refractivity contribution in [1.29, 1.82) is 0 Å². The van der Waals surface area contributed by atoms with Gasteiger partial charge in [-0.05, 0) is 48.5 Å². The third-order valence-electron chi connectivity index (χ3n) is 4.13. The standard InChI is InChI=1S/C22H26N4O4/c1-3-19(27)23-15-5-9-17(10-6-15)25-21(29)13-14-22(30)26-18-11-7-16(8-12-18)24-20(28)4-2/h5-12H,3-4,13-14H2,1-2H3,(H,23,27)(H,24,28)(H,25,29)(H,26,30). The predicted molar refractivity (Wildman–Crippen MR) is 117 cm³/mol. The molecule has 4 N–H and O–H groups in total. The molecule has 2 aromatic carbocycles. The first kappa shape index (κ1) is 22.6. The molecule has 30 heavy (non-hydrogen) atoms. The molecule has 0 unspecified atom stereocenters. The largest absolute Gasteiger partial charge is 0.326 e. The van der Waals surface area contributed by atoms with Gasteiger partial charge in [0.25, 0.3) is 0 Å². The van der Waals surface area contributed by atoms with E-state index in [1.807, 2.05) is 0 Å². The molecule has 0 aromatic heterocycles. The van der Waals surface area contributed by atoms with Gasteiger partial charge < -0.3 is 21.3 Å². The monoisotopic (exact) mass is 410 g/mol. The number of carbonyl (C=O) groups excluding carboxylic acids is 4. The van der Waals surface area contributed by atoms with Gasteiger partial charge in [-0.25, -0.2) is 0 Å². The molecule has 4 amide bonds. The maximum Gasteiger partial charge on any atom is 0.224 e. The van der Waals surface area contributed by atoms with Gasteiger partial charge >= 0.3 is 0 Å². The van der Waals surface area contributed by atoms with E-state index in [0.29, 0.717) is 35.6 Å². The van der Waals surface area contributed by atoms with Crippen LogP contribution in [0.4, 0.5) is 22.7 Å². The van der Waals surface area contributed by atoms with E-state index in [1.54, 1.807) is 62.4 Å². The molecule has 0 bridgehead atoms. The van der Waals surface area contributed by atoms with Gasteiger partial charge in [0, 0.05) is 48.4 Å². The second kappa shape index (κ2) is 11.4. The van der Waals surface area contributed by atoms with Crippen LogP contribution in [0.5, 0.6) is 0 Å². The molecule has 0 heterocycles. The smallest absolute Gasteiger partial charge is 0.224 e. The van der Waals surface area contributed by atoms with Crippen LogP contribution in [0.15, 0.2) is 48.5 Å². The van der Waals surface area contributed by atoms with Crippen LogP contribution in [0.25, 0.3) is 0 Å². The number of hydrogen-bond donors (Lipinski definition) is 4. The molecule has 0 saturated heterocycles. The van der Waals surface area contributed by atoms with Crippen molar-refractivity contribution in [2.45, 2.75) is 39.5 Å². The minimum absolute atomic E-state index is 0.0325. The number of nitrogens with one attached hydrogen (secondary N) is 4. The van der Waals surface area contributed by atoms with Crippen LogP contribution in [0, 0.1) is 0 Å². The van der Waals surface area contributed by atoms with Crippen LogP contribution in [0.3, 0.4) is 0 Å². The zero-order valence-electron chi connectivity index (χ0n) is 17.1. The lowest BCUT2D eigenvalue weighted by atomic mass is 10.2. The van der Waals surface area contributed by atoms with Gasteiger partial charge in [-0.1, -0.05) is 13.8 Å². The Bertz CT molecular complexity index is 817. The number of hydrogen-bond acceptors (Lipinski definition) is 4. The van der Waals surface area contributed by atoms with Gasteiger partial charge in [-0.15, -0.1) is 0 Å². The van der Waals surface area contributed by atoms with Crippen molar-refractivity contribution in [2.24, 2.45) is 0 Å². The summed E-state index contributed by atoms with van der Waals surface area (Å²) in [4.78, 5) is 46.8. The molecule has 0 fully saturated rings. The third-order valence-corrected chi connectivity index (χ3v) is 4.13. The van der Waals surface area contributed by atoms with Gasteiger partial charge in [0.1, 0.15) is 0 Å². The number of anilines is 4. The number of amides is 4. The zero-order chi connectivity index (χ0) is 21.9. The van der Waals surface area contributed by atoms with E-state index in [4.69, 9.17) is 0 Å². The van der Waals surface area contributed by atoms with Crippen LogP contribution in [0.1, 0.15) is 39.5 Å². The van der Waals surface area contributed by atoms with E-state index in [1.165, 1.54) is 0 Å². The normalized spacial score (nSPS) is 10.1. The summed E-state index contributed by atoms with van der Waals surface area (Å²) < 4.78 is 0. The number of benzene rings is 2. The minimum Gasteiger partial charge on any atom is -0.326 e. The molecule has 8 heteroatoms. The summed E-state index contributed by atoms with van der Waals surface area (Å²) in [5.41, 5.74) is 2.47. The first-order chi connectivity index (χ1) is 14.4. The fourth-order valence-corrected chi connectivity index (χ4v) is 2.45. The topological polar surface area (TPSA) is 116 Å². The SMILES string of the molecule is CCC(=O)Nc1ccc(NC(=O)CCC(=O)Nc2ccc(NC(=O)CC)cc2)cc1. The van der Waals surface area contributed by atoms with Crippen LogP contribution < -0.4 is 21.3 Å². The molecule has 8 nitrogen and oxygen atoms in total. The summed E-state index contributed by atoms with van der Waals surface area (Å²) in [5, 5.41) is 10.9. The van der Waals surface area contributed by atoms with Crippen LogP contribution in [-0.4, -0.2) is 23.6 Å². The first-order valence-electron chi connectivity index (χ1n) is 9.79. The zero-order valence-corrected chi connectivity index (χ0v) is 17.1. The fourth-order valence-electron chi connectivity index (χ4n) is 2.45. The molecular weight excluding hydrogens is 384 g/mol. The molecule has 2 rings (SSSR count). The van der Waals surface area contributed by atoms with E-state index in [0.717, 1.165) is 0 Å². The highest BCUT2D eigenvalue weighted by Gasteiger charge is 2.09. The van der Waals surface area contributed by atoms with Crippen LogP contribution >= 0.6 is 0 Å². The van der Waals surface area contributed by atoms with E-state index < -0.39 is 0 Å². The Labute approximate surface area is 175 Å². The van der Waals surface area contributed by atoms with Crippen molar-refractivity contribution in [1.82, 2.24) is 0 Å². The molecule has 0 aliphatic heterocycles. The molecular formula is C22H26N4O4.